The van der Waals surface area contributed by atoms with Crippen LogP contribution in [0.4, 0.5) is 5.82 Å². The number of hydrogen-bond donors (Lipinski definition) is 2. The standard InChI is InChI=1S/C15H17N5/c1-9-3-2-4-10(7-9)8-20-15-12(14(16)17-18-15)13(19-20)11-5-6-11/h2-4,7,11H,5-6,8H2,1H3,(H3,16,17,18). The molecule has 1 aliphatic rings. The van der Waals surface area contributed by atoms with Gasteiger partial charge < -0.3 is 5.73 Å². The number of aryl methyl sites for hydroxylation is 1. The quantitative estimate of drug-likeness (QED) is 0.766. The first-order valence-electron chi connectivity index (χ1n) is 6.98. The van der Waals surface area contributed by atoms with Gasteiger partial charge in [-0.15, -0.1) is 0 Å². The van der Waals surface area contributed by atoms with Crippen LogP contribution in [0, 0.1) is 6.92 Å². The molecule has 0 spiro atoms. The molecule has 0 bridgehead atoms. The average Bonchev–Trinajstić information content (AvgIpc) is 3.10. The summed E-state index contributed by atoms with van der Waals surface area (Å²) in [4.78, 5) is 0. The van der Waals surface area contributed by atoms with Crippen LogP contribution >= 0.6 is 0 Å². The number of anilines is 1. The average molecular weight is 267 g/mol. The first-order valence-corrected chi connectivity index (χ1v) is 6.98. The van der Waals surface area contributed by atoms with Gasteiger partial charge in [-0.1, -0.05) is 29.8 Å². The molecule has 1 fully saturated rings. The normalized spacial score (nSPS) is 15.1. The minimum Gasteiger partial charge on any atom is -0.383 e. The van der Waals surface area contributed by atoms with E-state index >= 15 is 0 Å². The molecular weight excluding hydrogens is 250 g/mol. The molecule has 0 unspecified atom stereocenters. The van der Waals surface area contributed by atoms with Gasteiger partial charge in [-0.25, -0.2) is 4.68 Å². The van der Waals surface area contributed by atoms with E-state index in [-0.39, 0.29) is 0 Å². The molecule has 3 aromatic rings. The van der Waals surface area contributed by atoms with E-state index in [2.05, 4.69) is 41.4 Å². The van der Waals surface area contributed by atoms with Crippen LogP contribution in [0.25, 0.3) is 11.0 Å². The number of aromatic nitrogens is 4. The van der Waals surface area contributed by atoms with E-state index in [0.29, 0.717) is 11.7 Å². The molecule has 0 saturated heterocycles. The number of nitrogens with one attached hydrogen (secondary N) is 1. The van der Waals surface area contributed by atoms with Crippen molar-refractivity contribution in [1.29, 1.82) is 0 Å². The third-order valence-corrected chi connectivity index (χ3v) is 3.88. The predicted octanol–water partition coefficient (Wildman–Crippen LogP) is 2.58. The lowest BCUT2D eigenvalue weighted by atomic mass is 10.1. The zero-order chi connectivity index (χ0) is 13.7. The second-order valence-electron chi connectivity index (χ2n) is 5.64. The molecule has 3 N–H and O–H groups in total. The summed E-state index contributed by atoms with van der Waals surface area (Å²) in [7, 11) is 0. The van der Waals surface area contributed by atoms with E-state index in [1.54, 1.807) is 0 Å². The zero-order valence-electron chi connectivity index (χ0n) is 11.4. The van der Waals surface area contributed by atoms with Crippen molar-refractivity contribution in [1.82, 2.24) is 20.0 Å². The molecule has 2 aromatic heterocycles. The van der Waals surface area contributed by atoms with Crippen LogP contribution in [0.15, 0.2) is 24.3 Å². The van der Waals surface area contributed by atoms with E-state index < -0.39 is 0 Å². The topological polar surface area (TPSA) is 72.5 Å². The van der Waals surface area contributed by atoms with Crippen molar-refractivity contribution in [2.24, 2.45) is 0 Å². The lowest BCUT2D eigenvalue weighted by molar-refractivity contribution is 0.683. The van der Waals surface area contributed by atoms with E-state index in [4.69, 9.17) is 10.8 Å². The van der Waals surface area contributed by atoms with E-state index in [9.17, 15) is 0 Å². The van der Waals surface area contributed by atoms with Gasteiger partial charge in [0.2, 0.25) is 0 Å². The number of H-pyrrole nitrogens is 1. The van der Waals surface area contributed by atoms with Crippen molar-refractivity contribution >= 4 is 16.9 Å². The third-order valence-electron chi connectivity index (χ3n) is 3.88. The summed E-state index contributed by atoms with van der Waals surface area (Å²) in [6.45, 7) is 2.83. The highest BCUT2D eigenvalue weighted by atomic mass is 15.3. The minimum atomic E-state index is 0.566. The van der Waals surface area contributed by atoms with Crippen molar-refractivity contribution in [2.75, 3.05) is 5.73 Å². The van der Waals surface area contributed by atoms with Crippen molar-refractivity contribution in [3.63, 3.8) is 0 Å². The number of rotatable bonds is 3. The Kier molecular flexibility index (Phi) is 2.36. The van der Waals surface area contributed by atoms with Crippen LogP contribution in [0.2, 0.25) is 0 Å². The van der Waals surface area contributed by atoms with E-state index in [1.165, 1.54) is 24.0 Å². The predicted molar refractivity (Wildman–Crippen MR) is 78.5 cm³/mol. The molecule has 2 heterocycles. The van der Waals surface area contributed by atoms with Gasteiger partial charge in [0.1, 0.15) is 5.82 Å². The summed E-state index contributed by atoms with van der Waals surface area (Å²) < 4.78 is 1.96. The van der Waals surface area contributed by atoms with Crippen LogP contribution in [-0.4, -0.2) is 20.0 Å². The molecule has 0 atom stereocenters. The molecule has 1 aliphatic carbocycles. The van der Waals surface area contributed by atoms with Gasteiger partial charge in [-0.05, 0) is 25.3 Å². The Morgan fingerprint density at radius 1 is 1.40 bits per heavy atom. The Balaban J connectivity index is 1.80. The van der Waals surface area contributed by atoms with Crippen molar-refractivity contribution in [2.45, 2.75) is 32.2 Å². The molecule has 0 aliphatic heterocycles. The summed E-state index contributed by atoms with van der Waals surface area (Å²) in [6.07, 6.45) is 2.42. The Morgan fingerprint density at radius 3 is 3.00 bits per heavy atom. The maximum Gasteiger partial charge on any atom is 0.182 e. The minimum absolute atomic E-state index is 0.566. The smallest absolute Gasteiger partial charge is 0.182 e. The number of hydrogen-bond acceptors (Lipinski definition) is 3. The monoisotopic (exact) mass is 267 g/mol. The Morgan fingerprint density at radius 2 is 2.25 bits per heavy atom. The highest BCUT2D eigenvalue weighted by Gasteiger charge is 2.31. The van der Waals surface area contributed by atoms with Gasteiger partial charge in [0.05, 0.1) is 17.6 Å². The van der Waals surface area contributed by atoms with Crippen LogP contribution in [0.1, 0.15) is 35.6 Å². The van der Waals surface area contributed by atoms with Gasteiger partial charge in [0.15, 0.2) is 5.65 Å². The Labute approximate surface area is 116 Å². The van der Waals surface area contributed by atoms with Crippen molar-refractivity contribution in [3.05, 3.63) is 41.1 Å². The maximum absolute atomic E-state index is 6.00. The lowest BCUT2D eigenvalue weighted by Gasteiger charge is -2.03. The van der Waals surface area contributed by atoms with Gasteiger partial charge in [0, 0.05) is 5.92 Å². The lowest BCUT2D eigenvalue weighted by Crippen LogP contribution is -2.03. The van der Waals surface area contributed by atoms with Gasteiger partial charge in [-0.2, -0.15) is 10.2 Å². The highest BCUT2D eigenvalue weighted by Crippen LogP contribution is 2.43. The zero-order valence-corrected chi connectivity index (χ0v) is 11.4. The molecule has 102 valence electrons. The molecule has 0 radical (unpaired) electrons. The summed E-state index contributed by atoms with van der Waals surface area (Å²) in [5, 5.41) is 13.0. The van der Waals surface area contributed by atoms with Crippen molar-refractivity contribution in [3.8, 4) is 0 Å². The third kappa shape index (κ3) is 1.78. The molecule has 20 heavy (non-hydrogen) atoms. The van der Waals surface area contributed by atoms with Crippen LogP contribution in [0.3, 0.4) is 0 Å². The Hall–Kier alpha value is -2.30. The fourth-order valence-corrected chi connectivity index (χ4v) is 2.75. The van der Waals surface area contributed by atoms with Gasteiger partial charge >= 0.3 is 0 Å². The molecular formula is C15H17N5. The fraction of sp³-hybridized carbons (Fsp3) is 0.333. The molecule has 5 heteroatoms. The maximum atomic E-state index is 6.00. The number of nitrogens with zero attached hydrogens (tertiary/aromatic N) is 3. The van der Waals surface area contributed by atoms with Crippen LogP contribution in [0.5, 0.6) is 0 Å². The molecule has 1 aromatic carbocycles. The van der Waals surface area contributed by atoms with E-state index in [0.717, 1.165) is 23.3 Å². The summed E-state index contributed by atoms with van der Waals surface area (Å²) in [5.74, 6) is 1.20. The van der Waals surface area contributed by atoms with E-state index in [1.807, 2.05) is 4.68 Å². The van der Waals surface area contributed by atoms with Crippen molar-refractivity contribution < 1.29 is 0 Å². The number of nitrogen functional groups attached to an aromatic ring is 1. The SMILES string of the molecule is Cc1cccc(Cn2nc(C3CC3)c3c(N)[nH]nc32)c1. The summed E-state index contributed by atoms with van der Waals surface area (Å²) in [6, 6.07) is 8.48. The second-order valence-corrected chi connectivity index (χ2v) is 5.64. The number of nitrogens with two attached hydrogens (primary N) is 1. The molecule has 4 rings (SSSR count). The highest BCUT2D eigenvalue weighted by molar-refractivity contribution is 5.89. The summed E-state index contributed by atoms with van der Waals surface area (Å²) >= 11 is 0. The second kappa shape index (κ2) is 4.10. The van der Waals surface area contributed by atoms with Gasteiger partial charge in [0.25, 0.3) is 0 Å². The molecule has 5 nitrogen and oxygen atoms in total. The number of aromatic amines is 1. The van der Waals surface area contributed by atoms with Crippen LogP contribution in [-0.2, 0) is 6.54 Å². The number of benzene rings is 1. The van der Waals surface area contributed by atoms with Gasteiger partial charge in [-0.3, -0.25) is 5.10 Å². The first kappa shape index (κ1) is 11.5. The Bertz CT molecular complexity index is 779. The largest absolute Gasteiger partial charge is 0.383 e. The fourth-order valence-electron chi connectivity index (χ4n) is 2.75. The molecule has 0 amide bonds. The summed E-state index contributed by atoms with van der Waals surface area (Å²) in [5.41, 5.74) is 10.5. The first-order chi connectivity index (χ1) is 9.72. The number of fused-ring (bicyclic) bond motifs is 1. The van der Waals surface area contributed by atoms with Crippen LogP contribution < -0.4 is 5.73 Å². The molecule has 1 saturated carbocycles.